The van der Waals surface area contributed by atoms with E-state index in [9.17, 15) is 4.79 Å². The molecule has 15 heavy (non-hydrogen) atoms. The maximum Gasteiger partial charge on any atom is 0.359 e. The van der Waals surface area contributed by atoms with Gasteiger partial charge >= 0.3 is 5.97 Å². The summed E-state index contributed by atoms with van der Waals surface area (Å²) in [5.74, 6) is -0.441. The summed E-state index contributed by atoms with van der Waals surface area (Å²) in [4.78, 5) is 15.3. The van der Waals surface area contributed by atoms with Crippen LogP contribution in [0.25, 0.3) is 0 Å². The number of hydrogen-bond acceptors (Lipinski definition) is 4. The molecule has 0 aliphatic carbocycles. The highest BCUT2D eigenvalue weighted by atomic mass is 16.5. The van der Waals surface area contributed by atoms with E-state index in [0.717, 1.165) is 19.3 Å². The SMILES string of the molecule is CCCCCOC(=O)c1ncccc1N. The summed E-state index contributed by atoms with van der Waals surface area (Å²) in [6.07, 6.45) is 4.57. The molecular formula is C11H16N2O2. The number of unbranched alkanes of at least 4 members (excludes halogenated alkanes) is 2. The first kappa shape index (κ1) is 11.5. The molecule has 0 spiro atoms. The summed E-state index contributed by atoms with van der Waals surface area (Å²) in [6.45, 7) is 2.53. The number of hydrogen-bond donors (Lipinski definition) is 1. The van der Waals surface area contributed by atoms with Crippen LogP contribution in [-0.4, -0.2) is 17.6 Å². The van der Waals surface area contributed by atoms with E-state index >= 15 is 0 Å². The molecule has 82 valence electrons. The van der Waals surface area contributed by atoms with Crippen LogP contribution in [0.3, 0.4) is 0 Å². The third-order valence-electron chi connectivity index (χ3n) is 2.01. The van der Waals surface area contributed by atoms with Gasteiger partial charge in [0.15, 0.2) is 5.69 Å². The molecule has 4 nitrogen and oxygen atoms in total. The van der Waals surface area contributed by atoms with Gasteiger partial charge < -0.3 is 10.5 Å². The Balaban J connectivity index is 2.44. The van der Waals surface area contributed by atoms with Crippen molar-refractivity contribution in [2.24, 2.45) is 0 Å². The molecule has 0 radical (unpaired) electrons. The average Bonchev–Trinajstić information content (AvgIpc) is 2.25. The van der Waals surface area contributed by atoms with E-state index in [-0.39, 0.29) is 5.69 Å². The molecule has 0 fully saturated rings. The van der Waals surface area contributed by atoms with E-state index in [1.54, 1.807) is 12.1 Å². The molecule has 1 rings (SSSR count). The average molecular weight is 208 g/mol. The number of nitrogens with zero attached hydrogens (tertiary/aromatic N) is 1. The molecule has 1 aromatic heterocycles. The molecule has 0 atom stereocenters. The molecule has 0 bridgehead atoms. The number of nitrogens with two attached hydrogens (primary N) is 1. The molecule has 0 aliphatic rings. The van der Waals surface area contributed by atoms with Crippen LogP contribution in [0, 0.1) is 0 Å². The number of aromatic nitrogens is 1. The van der Waals surface area contributed by atoms with Crippen LogP contribution in [0.4, 0.5) is 5.69 Å². The highest BCUT2D eigenvalue weighted by molar-refractivity contribution is 5.92. The van der Waals surface area contributed by atoms with Crippen molar-refractivity contribution < 1.29 is 9.53 Å². The second kappa shape index (κ2) is 6.01. The van der Waals surface area contributed by atoms with Gasteiger partial charge in [-0.15, -0.1) is 0 Å². The van der Waals surface area contributed by atoms with Gasteiger partial charge in [-0.1, -0.05) is 19.8 Å². The minimum absolute atomic E-state index is 0.203. The second-order valence-corrected chi connectivity index (χ2v) is 3.28. The first-order chi connectivity index (χ1) is 7.25. The lowest BCUT2D eigenvalue weighted by Crippen LogP contribution is -2.11. The Morgan fingerprint density at radius 1 is 1.53 bits per heavy atom. The van der Waals surface area contributed by atoms with Crippen LogP contribution < -0.4 is 5.73 Å². The zero-order chi connectivity index (χ0) is 11.1. The number of ether oxygens (including phenoxy) is 1. The summed E-state index contributed by atoms with van der Waals surface area (Å²) < 4.78 is 5.03. The molecule has 2 N–H and O–H groups in total. The summed E-state index contributed by atoms with van der Waals surface area (Å²) >= 11 is 0. The third-order valence-corrected chi connectivity index (χ3v) is 2.01. The molecule has 0 aliphatic heterocycles. The summed E-state index contributed by atoms with van der Waals surface area (Å²) in [6, 6.07) is 3.32. The first-order valence-corrected chi connectivity index (χ1v) is 5.13. The number of carbonyl (C=O) groups is 1. The Bertz CT molecular complexity index is 326. The van der Waals surface area contributed by atoms with Gasteiger partial charge in [-0.05, 0) is 18.6 Å². The van der Waals surface area contributed by atoms with E-state index < -0.39 is 5.97 Å². The van der Waals surface area contributed by atoms with Gasteiger partial charge in [0.1, 0.15) is 0 Å². The minimum Gasteiger partial charge on any atom is -0.461 e. The van der Waals surface area contributed by atoms with Crippen LogP contribution in [0.1, 0.15) is 36.7 Å². The highest BCUT2D eigenvalue weighted by Gasteiger charge is 2.11. The lowest BCUT2D eigenvalue weighted by molar-refractivity contribution is 0.0492. The fraction of sp³-hybridized carbons (Fsp3) is 0.455. The maximum atomic E-state index is 11.5. The van der Waals surface area contributed by atoms with Crippen molar-refractivity contribution in [3.8, 4) is 0 Å². The number of esters is 1. The first-order valence-electron chi connectivity index (χ1n) is 5.13. The molecule has 1 heterocycles. The third kappa shape index (κ3) is 3.58. The zero-order valence-corrected chi connectivity index (χ0v) is 8.90. The summed E-state index contributed by atoms with van der Waals surface area (Å²) in [5.41, 5.74) is 6.15. The Kier molecular flexibility index (Phi) is 4.60. The Hall–Kier alpha value is -1.58. The summed E-state index contributed by atoms with van der Waals surface area (Å²) in [7, 11) is 0. The maximum absolute atomic E-state index is 11.5. The van der Waals surface area contributed by atoms with E-state index in [0.29, 0.717) is 12.3 Å². The van der Waals surface area contributed by atoms with E-state index in [2.05, 4.69) is 11.9 Å². The van der Waals surface area contributed by atoms with Crippen molar-refractivity contribution in [3.63, 3.8) is 0 Å². The van der Waals surface area contributed by atoms with Crippen molar-refractivity contribution in [1.82, 2.24) is 4.98 Å². The highest BCUT2D eigenvalue weighted by Crippen LogP contribution is 2.08. The number of carbonyl (C=O) groups excluding carboxylic acids is 1. The van der Waals surface area contributed by atoms with Gasteiger partial charge in [-0.2, -0.15) is 0 Å². The van der Waals surface area contributed by atoms with Crippen molar-refractivity contribution >= 4 is 11.7 Å². The van der Waals surface area contributed by atoms with Gasteiger partial charge in [0.25, 0.3) is 0 Å². The van der Waals surface area contributed by atoms with E-state index in [4.69, 9.17) is 10.5 Å². The van der Waals surface area contributed by atoms with E-state index in [1.807, 2.05) is 0 Å². The molecule has 4 heteroatoms. The van der Waals surface area contributed by atoms with Gasteiger partial charge in [0.2, 0.25) is 0 Å². The molecule has 0 saturated heterocycles. The predicted octanol–water partition coefficient (Wildman–Crippen LogP) is 2.01. The second-order valence-electron chi connectivity index (χ2n) is 3.28. The number of rotatable bonds is 5. The van der Waals surface area contributed by atoms with Crippen LogP contribution in [-0.2, 0) is 4.74 Å². The fourth-order valence-corrected chi connectivity index (χ4v) is 1.17. The minimum atomic E-state index is -0.441. The summed E-state index contributed by atoms with van der Waals surface area (Å²) in [5, 5.41) is 0. The Morgan fingerprint density at radius 2 is 2.33 bits per heavy atom. The van der Waals surface area contributed by atoms with E-state index in [1.165, 1.54) is 6.20 Å². The van der Waals surface area contributed by atoms with Gasteiger partial charge in [0, 0.05) is 6.20 Å². The molecule has 0 aromatic carbocycles. The quantitative estimate of drug-likeness (QED) is 0.593. The standard InChI is InChI=1S/C11H16N2O2/c1-2-3-4-8-15-11(14)10-9(12)6-5-7-13-10/h5-7H,2-4,8,12H2,1H3. The Morgan fingerprint density at radius 3 is 3.00 bits per heavy atom. The number of nitrogen functional groups attached to an aromatic ring is 1. The van der Waals surface area contributed by atoms with Crippen LogP contribution >= 0.6 is 0 Å². The molecule has 0 saturated carbocycles. The largest absolute Gasteiger partial charge is 0.461 e. The van der Waals surface area contributed by atoms with Crippen molar-refractivity contribution in [2.75, 3.05) is 12.3 Å². The van der Waals surface area contributed by atoms with Crippen molar-refractivity contribution in [3.05, 3.63) is 24.0 Å². The lowest BCUT2D eigenvalue weighted by atomic mass is 10.3. The van der Waals surface area contributed by atoms with Crippen LogP contribution in [0.5, 0.6) is 0 Å². The van der Waals surface area contributed by atoms with Gasteiger partial charge in [-0.25, -0.2) is 9.78 Å². The van der Waals surface area contributed by atoms with Gasteiger partial charge in [0.05, 0.1) is 12.3 Å². The predicted molar refractivity (Wildman–Crippen MR) is 58.5 cm³/mol. The zero-order valence-electron chi connectivity index (χ0n) is 8.90. The molecule has 1 aromatic rings. The number of anilines is 1. The topological polar surface area (TPSA) is 65.2 Å². The molecule has 0 unspecified atom stereocenters. The fourth-order valence-electron chi connectivity index (χ4n) is 1.17. The van der Waals surface area contributed by atoms with Crippen LogP contribution in [0.2, 0.25) is 0 Å². The lowest BCUT2D eigenvalue weighted by Gasteiger charge is -2.05. The number of pyridine rings is 1. The monoisotopic (exact) mass is 208 g/mol. The van der Waals surface area contributed by atoms with Crippen molar-refractivity contribution in [1.29, 1.82) is 0 Å². The van der Waals surface area contributed by atoms with Gasteiger partial charge in [-0.3, -0.25) is 0 Å². The Labute approximate surface area is 89.5 Å². The molecule has 0 amide bonds. The smallest absolute Gasteiger partial charge is 0.359 e. The molecular weight excluding hydrogens is 192 g/mol. The normalized spacial score (nSPS) is 9.93. The van der Waals surface area contributed by atoms with Crippen molar-refractivity contribution in [2.45, 2.75) is 26.2 Å². The van der Waals surface area contributed by atoms with Crippen LogP contribution in [0.15, 0.2) is 18.3 Å².